The molecular weight excluding hydrogens is 533 g/mol. The summed E-state index contributed by atoms with van der Waals surface area (Å²) in [5.41, 5.74) is 6.39. The number of aliphatic carboxylic acids is 1. The lowest BCUT2D eigenvalue weighted by molar-refractivity contribution is -0.160. The van der Waals surface area contributed by atoms with Gasteiger partial charge in [-0.1, -0.05) is 38.1 Å². The van der Waals surface area contributed by atoms with Gasteiger partial charge in [0.2, 0.25) is 0 Å². The fraction of sp³-hybridized carbons (Fsp3) is 0.429. The second kappa shape index (κ2) is 11.5. The van der Waals surface area contributed by atoms with Crippen LogP contribution in [-0.4, -0.2) is 29.2 Å². The summed E-state index contributed by atoms with van der Waals surface area (Å²) in [5.74, 6) is -1.31. The third-order valence-corrected chi connectivity index (χ3v) is 8.29. The highest BCUT2D eigenvalue weighted by Crippen LogP contribution is 2.47. The monoisotopic (exact) mass is 573 g/mol. The molecule has 0 aliphatic carbocycles. The molecule has 6 nitrogen and oxygen atoms in total. The molecule has 0 aromatic heterocycles. The normalized spacial score (nSPS) is 16.9. The Balaban J connectivity index is 1.72. The summed E-state index contributed by atoms with van der Waals surface area (Å²) in [6.07, 6.45) is 2.04. The maximum atomic E-state index is 15.6. The van der Waals surface area contributed by atoms with Gasteiger partial charge in [-0.3, -0.25) is 4.79 Å². The molecule has 0 bridgehead atoms. The molecule has 2 atom stereocenters. The van der Waals surface area contributed by atoms with Crippen molar-refractivity contribution in [1.82, 2.24) is 0 Å². The lowest BCUT2D eigenvalue weighted by Crippen LogP contribution is -2.33. The molecule has 42 heavy (non-hydrogen) atoms. The minimum Gasteiger partial charge on any atom is -0.490 e. The SMILES string of the molecule is CCc1cc2c(cc1[C@H](OC(C)(C)C)C(=O)O)CC(c1cc(F)c3c(c1CC)CCCO3)N2C(=O)c1ccccc1C. The van der Waals surface area contributed by atoms with Crippen LogP contribution in [0.3, 0.4) is 0 Å². The van der Waals surface area contributed by atoms with Gasteiger partial charge in [-0.15, -0.1) is 0 Å². The highest BCUT2D eigenvalue weighted by Gasteiger charge is 2.40. The minimum atomic E-state index is -1.16. The molecule has 0 saturated carbocycles. The second-order valence-corrected chi connectivity index (χ2v) is 12.2. The van der Waals surface area contributed by atoms with E-state index >= 15 is 4.39 Å². The van der Waals surface area contributed by atoms with Crippen molar-refractivity contribution in [2.45, 2.75) is 91.4 Å². The predicted octanol–water partition coefficient (Wildman–Crippen LogP) is 7.47. The highest BCUT2D eigenvalue weighted by molar-refractivity contribution is 6.09. The first-order valence-corrected chi connectivity index (χ1v) is 14.9. The van der Waals surface area contributed by atoms with Gasteiger partial charge in [0.25, 0.3) is 5.91 Å². The van der Waals surface area contributed by atoms with Crippen molar-refractivity contribution >= 4 is 17.6 Å². The molecule has 2 aliphatic rings. The number of hydrogen-bond donors (Lipinski definition) is 1. The Morgan fingerprint density at radius 1 is 1.14 bits per heavy atom. The quantitative estimate of drug-likeness (QED) is 0.317. The smallest absolute Gasteiger partial charge is 0.337 e. The Hall–Kier alpha value is -3.71. The molecular formula is C35H40FNO5. The number of aryl methyl sites for hydroxylation is 2. The molecule has 2 heterocycles. The van der Waals surface area contributed by atoms with Crippen LogP contribution in [0, 0.1) is 12.7 Å². The zero-order valence-corrected chi connectivity index (χ0v) is 25.3. The van der Waals surface area contributed by atoms with Crippen molar-refractivity contribution in [3.05, 3.63) is 92.8 Å². The van der Waals surface area contributed by atoms with Crippen molar-refractivity contribution < 1.29 is 28.6 Å². The molecule has 5 rings (SSSR count). The van der Waals surface area contributed by atoms with Gasteiger partial charge in [0.15, 0.2) is 17.7 Å². The van der Waals surface area contributed by atoms with Gasteiger partial charge in [0, 0.05) is 16.8 Å². The van der Waals surface area contributed by atoms with Crippen LogP contribution in [0.1, 0.15) is 102 Å². The van der Waals surface area contributed by atoms with Gasteiger partial charge >= 0.3 is 5.97 Å². The summed E-state index contributed by atoms with van der Waals surface area (Å²) in [7, 11) is 0. The van der Waals surface area contributed by atoms with Crippen LogP contribution in [0.4, 0.5) is 10.1 Å². The average Bonchev–Trinajstić information content (AvgIpc) is 3.32. The van der Waals surface area contributed by atoms with Gasteiger partial charge in [0.05, 0.1) is 18.2 Å². The van der Waals surface area contributed by atoms with Crippen molar-refractivity contribution in [3.8, 4) is 5.75 Å². The first-order valence-electron chi connectivity index (χ1n) is 14.9. The number of fused-ring (bicyclic) bond motifs is 2. The summed E-state index contributed by atoms with van der Waals surface area (Å²) < 4.78 is 27.3. The maximum absolute atomic E-state index is 15.6. The van der Waals surface area contributed by atoms with E-state index in [-0.39, 0.29) is 5.91 Å². The van der Waals surface area contributed by atoms with Gasteiger partial charge in [0.1, 0.15) is 0 Å². The van der Waals surface area contributed by atoms with E-state index in [1.165, 1.54) is 0 Å². The minimum absolute atomic E-state index is 0.163. The number of carbonyl (C=O) groups is 2. The van der Waals surface area contributed by atoms with Crippen molar-refractivity contribution in [2.24, 2.45) is 0 Å². The van der Waals surface area contributed by atoms with Gasteiger partial charge in [-0.05, 0) is 111 Å². The van der Waals surface area contributed by atoms with Crippen LogP contribution in [0.2, 0.25) is 0 Å². The number of benzene rings is 3. The van der Waals surface area contributed by atoms with E-state index in [0.717, 1.165) is 51.9 Å². The van der Waals surface area contributed by atoms with E-state index in [1.807, 2.05) is 71.0 Å². The van der Waals surface area contributed by atoms with E-state index in [4.69, 9.17) is 9.47 Å². The zero-order valence-electron chi connectivity index (χ0n) is 25.3. The van der Waals surface area contributed by atoms with Crippen molar-refractivity contribution in [3.63, 3.8) is 0 Å². The molecule has 1 unspecified atom stereocenters. The zero-order chi connectivity index (χ0) is 30.3. The number of ether oxygens (including phenoxy) is 2. The summed E-state index contributed by atoms with van der Waals surface area (Å²) in [4.78, 5) is 28.6. The van der Waals surface area contributed by atoms with E-state index in [0.29, 0.717) is 42.7 Å². The van der Waals surface area contributed by atoms with E-state index < -0.39 is 29.5 Å². The first-order chi connectivity index (χ1) is 19.9. The van der Waals surface area contributed by atoms with Gasteiger partial charge < -0.3 is 19.5 Å². The van der Waals surface area contributed by atoms with E-state index in [1.54, 1.807) is 11.0 Å². The number of carbonyl (C=O) groups excluding carboxylic acids is 1. The van der Waals surface area contributed by atoms with E-state index in [2.05, 4.69) is 6.92 Å². The number of carboxylic acid groups (broad SMARTS) is 1. The lowest BCUT2D eigenvalue weighted by atomic mass is 9.88. The number of carboxylic acids is 1. The average molecular weight is 574 g/mol. The molecule has 7 heteroatoms. The number of anilines is 1. The fourth-order valence-corrected chi connectivity index (χ4v) is 6.45. The summed E-state index contributed by atoms with van der Waals surface area (Å²) in [6.45, 7) is 11.9. The third kappa shape index (κ3) is 5.42. The number of rotatable bonds is 7. The lowest BCUT2D eigenvalue weighted by Gasteiger charge is -2.31. The largest absolute Gasteiger partial charge is 0.490 e. The molecule has 222 valence electrons. The Labute approximate surface area is 247 Å². The molecule has 0 radical (unpaired) electrons. The summed E-state index contributed by atoms with van der Waals surface area (Å²) in [5, 5.41) is 10.2. The molecule has 0 spiro atoms. The number of amides is 1. The Morgan fingerprint density at radius 2 is 1.88 bits per heavy atom. The first kappa shape index (κ1) is 29.8. The topological polar surface area (TPSA) is 76.1 Å². The number of nitrogens with zero attached hydrogens (tertiary/aromatic N) is 1. The molecule has 1 N–H and O–H groups in total. The Bertz CT molecular complexity index is 1540. The van der Waals surface area contributed by atoms with Crippen molar-refractivity contribution in [1.29, 1.82) is 0 Å². The molecule has 0 saturated heterocycles. The summed E-state index contributed by atoms with van der Waals surface area (Å²) in [6, 6.07) is 12.4. The van der Waals surface area contributed by atoms with Crippen molar-refractivity contribution in [2.75, 3.05) is 11.5 Å². The van der Waals surface area contributed by atoms with Gasteiger partial charge in [-0.25, -0.2) is 9.18 Å². The molecule has 1 amide bonds. The summed E-state index contributed by atoms with van der Waals surface area (Å²) >= 11 is 0. The molecule has 3 aromatic carbocycles. The van der Waals surface area contributed by atoms with Crippen LogP contribution in [0.15, 0.2) is 42.5 Å². The Kier molecular flexibility index (Phi) is 8.17. The predicted molar refractivity (Wildman–Crippen MR) is 161 cm³/mol. The third-order valence-electron chi connectivity index (χ3n) is 8.29. The molecule has 3 aromatic rings. The Morgan fingerprint density at radius 3 is 2.52 bits per heavy atom. The standard InChI is InChI=1S/C35H40FNO5/c1-7-21-17-29-22(16-26(21)32(34(39)40)42-35(4,5)6)18-30(37(29)33(38)24-13-10-9-12-20(24)3)27-19-28(36)31-25(23(27)8-2)14-11-15-41-31/h9-10,12-13,16-17,19,30,32H,7-8,11,14-15,18H2,1-6H3,(H,39,40)/t30?,32-/m0/s1. The molecule has 0 fully saturated rings. The fourth-order valence-electron chi connectivity index (χ4n) is 6.45. The van der Waals surface area contributed by atoms with Crippen LogP contribution in [-0.2, 0) is 35.2 Å². The van der Waals surface area contributed by atoms with Crippen LogP contribution in [0.5, 0.6) is 5.75 Å². The highest BCUT2D eigenvalue weighted by atomic mass is 19.1. The number of halogens is 1. The van der Waals surface area contributed by atoms with Crippen LogP contribution >= 0.6 is 0 Å². The van der Waals surface area contributed by atoms with Gasteiger partial charge in [-0.2, -0.15) is 0 Å². The van der Waals surface area contributed by atoms with E-state index in [9.17, 15) is 14.7 Å². The molecule has 2 aliphatic heterocycles. The maximum Gasteiger partial charge on any atom is 0.337 e. The number of hydrogen-bond acceptors (Lipinski definition) is 4. The second-order valence-electron chi connectivity index (χ2n) is 12.2. The van der Waals surface area contributed by atoms with Crippen LogP contribution in [0.25, 0.3) is 0 Å². The van der Waals surface area contributed by atoms with Crippen LogP contribution < -0.4 is 9.64 Å².